The summed E-state index contributed by atoms with van der Waals surface area (Å²) in [6, 6.07) is 0. The lowest BCUT2D eigenvalue weighted by Crippen LogP contribution is -2.56. The van der Waals surface area contributed by atoms with Crippen LogP contribution in [0.5, 0.6) is 0 Å². The molecule has 2 heterocycles. The van der Waals surface area contributed by atoms with E-state index in [-0.39, 0.29) is 17.7 Å². The first-order chi connectivity index (χ1) is 5.72. The van der Waals surface area contributed by atoms with Gasteiger partial charge in [0.05, 0.1) is 0 Å². The fourth-order valence-corrected chi connectivity index (χ4v) is 1.99. The number of amides is 1. The van der Waals surface area contributed by atoms with E-state index in [2.05, 4.69) is 6.58 Å². The highest BCUT2D eigenvalue weighted by Gasteiger charge is 2.46. The van der Waals surface area contributed by atoms with E-state index < -0.39 is 0 Å². The predicted octanol–water partition coefficient (Wildman–Crippen LogP) is 0.220. The van der Waals surface area contributed by atoms with Crippen molar-refractivity contribution in [3.05, 3.63) is 12.7 Å². The van der Waals surface area contributed by atoms with Crippen molar-refractivity contribution >= 4 is 11.7 Å². The lowest BCUT2D eigenvalue weighted by atomic mass is 9.70. The molecule has 1 amide bonds. The highest BCUT2D eigenvalue weighted by Crippen LogP contribution is 2.35. The SMILES string of the molecule is C=CC(=O)N1CC2CC(C1)C2=O. The maximum Gasteiger partial charge on any atom is 0.245 e. The van der Waals surface area contributed by atoms with E-state index in [0.717, 1.165) is 6.42 Å². The monoisotopic (exact) mass is 165 g/mol. The molecule has 2 saturated heterocycles. The van der Waals surface area contributed by atoms with Gasteiger partial charge in [-0.2, -0.15) is 0 Å². The first kappa shape index (κ1) is 7.53. The molecule has 3 nitrogen and oxygen atoms in total. The average Bonchev–Trinajstić information content (AvgIpc) is 2.16. The third-order valence-corrected chi connectivity index (χ3v) is 2.74. The maximum absolute atomic E-state index is 11.1. The lowest BCUT2D eigenvalue weighted by Gasteiger charge is -2.45. The van der Waals surface area contributed by atoms with E-state index in [1.165, 1.54) is 6.08 Å². The van der Waals surface area contributed by atoms with Gasteiger partial charge in [-0.15, -0.1) is 0 Å². The standard InChI is InChI=1S/C9H11NO2/c1-2-8(11)10-4-6-3-7(5-10)9(6)12/h2,6-7H,1,3-5H2. The van der Waals surface area contributed by atoms with Crippen LogP contribution in [-0.4, -0.2) is 29.7 Å². The van der Waals surface area contributed by atoms with Gasteiger partial charge in [0.15, 0.2) is 0 Å². The van der Waals surface area contributed by atoms with Crippen molar-refractivity contribution in [3.63, 3.8) is 0 Å². The molecule has 2 unspecified atom stereocenters. The molecule has 12 heavy (non-hydrogen) atoms. The Balaban J connectivity index is 2.03. The summed E-state index contributed by atoms with van der Waals surface area (Å²) in [5.41, 5.74) is 0. The van der Waals surface area contributed by atoms with Gasteiger partial charge in [0.25, 0.3) is 0 Å². The van der Waals surface area contributed by atoms with E-state index in [0.29, 0.717) is 18.9 Å². The number of fused-ring (bicyclic) bond motifs is 2. The van der Waals surface area contributed by atoms with Gasteiger partial charge in [-0.3, -0.25) is 9.59 Å². The quantitative estimate of drug-likeness (QED) is 0.521. The fourth-order valence-electron chi connectivity index (χ4n) is 1.99. The van der Waals surface area contributed by atoms with Crippen molar-refractivity contribution < 1.29 is 9.59 Å². The molecule has 0 N–H and O–H groups in total. The van der Waals surface area contributed by atoms with Crippen LogP contribution >= 0.6 is 0 Å². The topological polar surface area (TPSA) is 37.4 Å². The Kier molecular flexibility index (Phi) is 1.53. The third kappa shape index (κ3) is 0.891. The maximum atomic E-state index is 11.1. The molecule has 0 spiro atoms. The molecular formula is C9H11NO2. The van der Waals surface area contributed by atoms with Gasteiger partial charge in [0, 0.05) is 24.9 Å². The number of piperidine rings is 2. The summed E-state index contributed by atoms with van der Waals surface area (Å²) >= 11 is 0. The molecule has 0 aromatic carbocycles. The molecule has 2 bridgehead atoms. The van der Waals surface area contributed by atoms with E-state index >= 15 is 0 Å². The first-order valence-electron chi connectivity index (χ1n) is 4.17. The summed E-state index contributed by atoms with van der Waals surface area (Å²) in [5.74, 6) is 0.570. The zero-order valence-electron chi connectivity index (χ0n) is 6.82. The predicted molar refractivity (Wildman–Crippen MR) is 43.4 cm³/mol. The van der Waals surface area contributed by atoms with Crippen molar-refractivity contribution in [3.8, 4) is 0 Å². The van der Waals surface area contributed by atoms with Crippen LogP contribution in [0.25, 0.3) is 0 Å². The zero-order valence-corrected chi connectivity index (χ0v) is 6.82. The van der Waals surface area contributed by atoms with Crippen LogP contribution in [0.3, 0.4) is 0 Å². The number of hydrogen-bond acceptors (Lipinski definition) is 2. The third-order valence-electron chi connectivity index (χ3n) is 2.74. The van der Waals surface area contributed by atoms with Crippen molar-refractivity contribution in [1.82, 2.24) is 4.90 Å². The molecule has 0 radical (unpaired) electrons. The number of ketones is 1. The highest BCUT2D eigenvalue weighted by molar-refractivity contribution is 5.94. The molecule has 0 aromatic heterocycles. The van der Waals surface area contributed by atoms with E-state index in [1.54, 1.807) is 4.90 Å². The van der Waals surface area contributed by atoms with Gasteiger partial charge < -0.3 is 4.90 Å². The molecule has 0 aromatic rings. The first-order valence-corrected chi connectivity index (χ1v) is 4.17. The van der Waals surface area contributed by atoms with Crippen LogP contribution in [0.15, 0.2) is 12.7 Å². The molecule has 3 heteroatoms. The van der Waals surface area contributed by atoms with Crippen LogP contribution in [-0.2, 0) is 9.59 Å². The summed E-state index contributed by atoms with van der Waals surface area (Å²) in [4.78, 5) is 24.0. The number of carbonyl (C=O) groups is 2. The largest absolute Gasteiger partial charge is 0.338 e. The molecule has 64 valence electrons. The normalized spacial score (nSPS) is 32.7. The van der Waals surface area contributed by atoms with Gasteiger partial charge in [-0.1, -0.05) is 6.58 Å². The van der Waals surface area contributed by atoms with E-state index in [1.807, 2.05) is 0 Å². The van der Waals surface area contributed by atoms with E-state index in [9.17, 15) is 9.59 Å². The number of hydrogen-bond donors (Lipinski definition) is 0. The van der Waals surface area contributed by atoms with E-state index in [4.69, 9.17) is 0 Å². The smallest absolute Gasteiger partial charge is 0.245 e. The van der Waals surface area contributed by atoms with Crippen LogP contribution in [0.2, 0.25) is 0 Å². The molecule has 3 fully saturated rings. The molecule has 3 rings (SSSR count). The van der Waals surface area contributed by atoms with Gasteiger partial charge in [-0.25, -0.2) is 0 Å². The zero-order chi connectivity index (χ0) is 8.72. The molecular weight excluding hydrogens is 154 g/mol. The minimum absolute atomic E-state index is 0.0443. The second kappa shape index (κ2) is 2.44. The fraction of sp³-hybridized carbons (Fsp3) is 0.556. The molecule has 2 atom stereocenters. The van der Waals surface area contributed by atoms with Crippen LogP contribution in [0, 0.1) is 11.8 Å². The van der Waals surface area contributed by atoms with Gasteiger partial charge >= 0.3 is 0 Å². The molecule has 1 saturated carbocycles. The lowest BCUT2D eigenvalue weighted by molar-refractivity contribution is -0.148. The molecule has 2 aliphatic heterocycles. The number of rotatable bonds is 1. The van der Waals surface area contributed by atoms with Crippen molar-refractivity contribution in [2.24, 2.45) is 11.8 Å². The van der Waals surface area contributed by atoms with Crippen molar-refractivity contribution in [1.29, 1.82) is 0 Å². The summed E-state index contributed by atoms with van der Waals surface area (Å²) in [6.45, 7) is 4.64. The number of nitrogens with zero attached hydrogens (tertiary/aromatic N) is 1. The van der Waals surface area contributed by atoms with Gasteiger partial charge in [0.1, 0.15) is 5.78 Å². The highest BCUT2D eigenvalue weighted by atomic mass is 16.2. The Hall–Kier alpha value is -1.12. The Morgan fingerprint density at radius 3 is 2.50 bits per heavy atom. The van der Waals surface area contributed by atoms with Crippen LogP contribution in [0.1, 0.15) is 6.42 Å². The number of carbonyl (C=O) groups excluding carboxylic acids is 2. The Bertz CT molecular complexity index is 245. The summed E-state index contributed by atoms with van der Waals surface area (Å²) in [6.07, 6.45) is 2.30. The summed E-state index contributed by atoms with van der Waals surface area (Å²) in [7, 11) is 0. The van der Waals surface area contributed by atoms with Crippen LogP contribution < -0.4 is 0 Å². The van der Waals surface area contributed by atoms with Gasteiger partial charge in [-0.05, 0) is 12.5 Å². The summed E-state index contributed by atoms with van der Waals surface area (Å²) in [5, 5.41) is 0. The molecule has 1 aliphatic carbocycles. The second-order valence-corrected chi connectivity index (χ2v) is 3.48. The Morgan fingerprint density at radius 2 is 2.08 bits per heavy atom. The number of Topliss-reactive ketones (excluding diaryl/α,β-unsaturated/α-hetero) is 1. The van der Waals surface area contributed by atoms with Crippen LogP contribution in [0.4, 0.5) is 0 Å². The summed E-state index contributed by atoms with van der Waals surface area (Å²) < 4.78 is 0. The van der Waals surface area contributed by atoms with Crippen molar-refractivity contribution in [2.45, 2.75) is 6.42 Å². The second-order valence-electron chi connectivity index (χ2n) is 3.48. The van der Waals surface area contributed by atoms with Crippen molar-refractivity contribution in [2.75, 3.05) is 13.1 Å². The van der Waals surface area contributed by atoms with Gasteiger partial charge in [0.2, 0.25) is 5.91 Å². The Labute approximate surface area is 71.0 Å². The molecule has 3 aliphatic rings. The average molecular weight is 165 g/mol. The minimum atomic E-state index is -0.0443. The Morgan fingerprint density at radius 1 is 1.50 bits per heavy atom. The minimum Gasteiger partial charge on any atom is -0.338 e.